The molecule has 0 amide bonds. The molecule has 2 N–H and O–H groups in total. The molecule has 0 saturated carbocycles. The molecule has 1 aliphatic rings. The van der Waals surface area contributed by atoms with Gasteiger partial charge in [0, 0.05) is 0 Å². The molecule has 0 atom stereocenters. The molecule has 0 spiro atoms. The highest BCUT2D eigenvalue weighted by Crippen LogP contribution is 2.31. The first-order chi connectivity index (χ1) is 5.07. The Bertz CT molecular complexity index is 193. The predicted octanol–water partition coefficient (Wildman–Crippen LogP) is -0.438. The first-order valence-corrected chi connectivity index (χ1v) is 3.10. The Morgan fingerprint density at radius 3 is 2.00 bits per heavy atom. The molecule has 5 heteroatoms. The Kier molecular flexibility index (Phi) is 1.82. The highest BCUT2D eigenvalue weighted by molar-refractivity contribution is 5.82. The lowest BCUT2D eigenvalue weighted by Crippen LogP contribution is -2.50. The van der Waals surface area contributed by atoms with Crippen LogP contribution in [-0.4, -0.2) is 35.4 Å². The molecule has 1 saturated heterocycles. The Balaban J connectivity index is 2.61. The molecule has 0 aromatic heterocycles. The summed E-state index contributed by atoms with van der Waals surface area (Å²) >= 11 is 0. The SMILES string of the molecule is O=C(O)CC1(C(=O)O)COC1. The number of rotatable bonds is 3. The second-order valence-electron chi connectivity index (χ2n) is 2.65. The smallest absolute Gasteiger partial charge is 0.314 e. The summed E-state index contributed by atoms with van der Waals surface area (Å²) in [6.07, 6.45) is -0.359. The number of carboxylic acids is 2. The van der Waals surface area contributed by atoms with E-state index >= 15 is 0 Å². The molecule has 1 aliphatic heterocycles. The summed E-state index contributed by atoms with van der Waals surface area (Å²) in [6.45, 7) is 0.0171. The van der Waals surface area contributed by atoms with E-state index in [0.29, 0.717) is 0 Å². The van der Waals surface area contributed by atoms with Crippen LogP contribution in [0.4, 0.5) is 0 Å². The maximum Gasteiger partial charge on any atom is 0.314 e. The number of carbonyl (C=O) groups is 2. The summed E-state index contributed by atoms with van der Waals surface area (Å²) < 4.78 is 4.66. The summed E-state index contributed by atoms with van der Waals surface area (Å²) in [5, 5.41) is 16.9. The summed E-state index contributed by atoms with van der Waals surface area (Å²) in [5.74, 6) is -2.19. The molecular formula is C6H8O5. The summed E-state index contributed by atoms with van der Waals surface area (Å²) in [7, 11) is 0. The van der Waals surface area contributed by atoms with Gasteiger partial charge in [0.2, 0.25) is 0 Å². The van der Waals surface area contributed by atoms with Gasteiger partial charge in [0.25, 0.3) is 0 Å². The van der Waals surface area contributed by atoms with Crippen molar-refractivity contribution in [3.8, 4) is 0 Å². The predicted molar refractivity (Wildman–Crippen MR) is 33.1 cm³/mol. The van der Waals surface area contributed by atoms with Crippen molar-refractivity contribution in [1.29, 1.82) is 0 Å². The average molecular weight is 160 g/mol. The van der Waals surface area contributed by atoms with Crippen LogP contribution < -0.4 is 0 Å². The highest BCUT2D eigenvalue weighted by atomic mass is 16.5. The van der Waals surface area contributed by atoms with Gasteiger partial charge in [-0.05, 0) is 0 Å². The van der Waals surface area contributed by atoms with Gasteiger partial charge >= 0.3 is 11.9 Å². The minimum atomic E-state index is -1.16. The second-order valence-corrected chi connectivity index (χ2v) is 2.65. The molecule has 5 nitrogen and oxygen atoms in total. The third-order valence-corrected chi connectivity index (χ3v) is 1.70. The summed E-state index contributed by atoms with van der Waals surface area (Å²) in [6, 6.07) is 0. The zero-order chi connectivity index (χ0) is 8.48. The lowest BCUT2D eigenvalue weighted by molar-refractivity contribution is -0.186. The Morgan fingerprint density at radius 2 is 1.91 bits per heavy atom. The Morgan fingerprint density at radius 1 is 1.36 bits per heavy atom. The molecule has 1 heterocycles. The number of hydrogen-bond donors (Lipinski definition) is 2. The van der Waals surface area contributed by atoms with Crippen LogP contribution >= 0.6 is 0 Å². The van der Waals surface area contributed by atoms with Crippen molar-refractivity contribution >= 4 is 11.9 Å². The van der Waals surface area contributed by atoms with E-state index in [-0.39, 0.29) is 19.6 Å². The lowest BCUT2D eigenvalue weighted by atomic mass is 9.83. The fourth-order valence-electron chi connectivity index (χ4n) is 0.939. The van der Waals surface area contributed by atoms with E-state index in [1.165, 1.54) is 0 Å². The molecular weight excluding hydrogens is 152 g/mol. The molecule has 62 valence electrons. The first-order valence-electron chi connectivity index (χ1n) is 3.10. The molecule has 0 radical (unpaired) electrons. The quantitative estimate of drug-likeness (QED) is 0.584. The van der Waals surface area contributed by atoms with Crippen molar-refractivity contribution in [3.63, 3.8) is 0 Å². The van der Waals surface area contributed by atoms with Gasteiger partial charge in [0.05, 0.1) is 19.6 Å². The molecule has 0 aromatic carbocycles. The Hall–Kier alpha value is -1.10. The van der Waals surface area contributed by atoms with Crippen LogP contribution in [-0.2, 0) is 14.3 Å². The minimum Gasteiger partial charge on any atom is -0.481 e. The van der Waals surface area contributed by atoms with Crippen LogP contribution in [0.3, 0.4) is 0 Å². The summed E-state index contributed by atoms with van der Waals surface area (Å²) in [4.78, 5) is 20.7. The molecule has 0 unspecified atom stereocenters. The fourth-order valence-corrected chi connectivity index (χ4v) is 0.939. The zero-order valence-electron chi connectivity index (χ0n) is 5.74. The van der Waals surface area contributed by atoms with Crippen molar-refractivity contribution < 1.29 is 24.5 Å². The van der Waals surface area contributed by atoms with Crippen LogP contribution in [0.1, 0.15) is 6.42 Å². The van der Waals surface area contributed by atoms with Crippen LogP contribution in [0.25, 0.3) is 0 Å². The third-order valence-electron chi connectivity index (χ3n) is 1.70. The van der Waals surface area contributed by atoms with Gasteiger partial charge in [-0.2, -0.15) is 0 Å². The fraction of sp³-hybridized carbons (Fsp3) is 0.667. The maximum atomic E-state index is 10.5. The number of carboxylic acid groups (broad SMARTS) is 2. The van der Waals surface area contributed by atoms with Crippen molar-refractivity contribution in [2.24, 2.45) is 5.41 Å². The van der Waals surface area contributed by atoms with Crippen molar-refractivity contribution in [1.82, 2.24) is 0 Å². The zero-order valence-corrected chi connectivity index (χ0v) is 5.74. The van der Waals surface area contributed by atoms with Gasteiger partial charge in [0.1, 0.15) is 5.41 Å². The monoisotopic (exact) mass is 160 g/mol. The van der Waals surface area contributed by atoms with Crippen molar-refractivity contribution in [2.75, 3.05) is 13.2 Å². The van der Waals surface area contributed by atoms with Crippen LogP contribution in [0.5, 0.6) is 0 Å². The summed E-state index contributed by atoms with van der Waals surface area (Å²) in [5.41, 5.74) is -1.16. The van der Waals surface area contributed by atoms with Crippen LogP contribution in [0.2, 0.25) is 0 Å². The van der Waals surface area contributed by atoms with Gasteiger partial charge < -0.3 is 14.9 Å². The van der Waals surface area contributed by atoms with Gasteiger partial charge in [-0.1, -0.05) is 0 Å². The van der Waals surface area contributed by atoms with Gasteiger partial charge in [-0.3, -0.25) is 9.59 Å². The standard InChI is InChI=1S/C6H8O5/c7-4(8)1-6(5(9)10)2-11-3-6/h1-3H2,(H,7,8)(H,9,10). The minimum absolute atomic E-state index is 0.00856. The molecule has 0 bridgehead atoms. The van der Waals surface area contributed by atoms with Crippen LogP contribution in [0.15, 0.2) is 0 Å². The van der Waals surface area contributed by atoms with Gasteiger partial charge in [-0.15, -0.1) is 0 Å². The van der Waals surface area contributed by atoms with E-state index in [4.69, 9.17) is 10.2 Å². The second kappa shape index (κ2) is 2.50. The van der Waals surface area contributed by atoms with E-state index in [9.17, 15) is 9.59 Å². The van der Waals surface area contributed by atoms with E-state index in [0.717, 1.165) is 0 Å². The maximum absolute atomic E-state index is 10.5. The third kappa shape index (κ3) is 1.32. The van der Waals surface area contributed by atoms with Gasteiger partial charge in [-0.25, -0.2) is 0 Å². The largest absolute Gasteiger partial charge is 0.481 e. The Labute approximate surface area is 62.6 Å². The molecule has 1 fully saturated rings. The van der Waals surface area contributed by atoms with Crippen LogP contribution in [0, 0.1) is 5.41 Å². The topological polar surface area (TPSA) is 83.8 Å². The number of hydrogen-bond acceptors (Lipinski definition) is 3. The van der Waals surface area contributed by atoms with Gasteiger partial charge in [0.15, 0.2) is 0 Å². The molecule has 1 rings (SSSR count). The first kappa shape index (κ1) is 8.00. The number of ether oxygens (including phenoxy) is 1. The van der Waals surface area contributed by atoms with E-state index < -0.39 is 17.4 Å². The van der Waals surface area contributed by atoms with E-state index in [1.54, 1.807) is 0 Å². The van der Waals surface area contributed by atoms with Crippen molar-refractivity contribution in [2.45, 2.75) is 6.42 Å². The molecule has 11 heavy (non-hydrogen) atoms. The van der Waals surface area contributed by atoms with E-state index in [1.807, 2.05) is 0 Å². The number of aliphatic carboxylic acids is 2. The van der Waals surface area contributed by atoms with E-state index in [2.05, 4.69) is 4.74 Å². The average Bonchev–Trinajstić information content (AvgIpc) is 1.77. The normalized spacial score (nSPS) is 20.4. The molecule has 0 aromatic rings. The molecule has 0 aliphatic carbocycles. The van der Waals surface area contributed by atoms with Crippen molar-refractivity contribution in [3.05, 3.63) is 0 Å². The lowest BCUT2D eigenvalue weighted by Gasteiger charge is -2.35. The highest BCUT2D eigenvalue weighted by Gasteiger charge is 2.47.